The van der Waals surface area contributed by atoms with Gasteiger partial charge in [-0.15, -0.1) is 0 Å². The molecule has 0 saturated carbocycles. The van der Waals surface area contributed by atoms with Crippen LogP contribution in [0.5, 0.6) is 0 Å². The number of hydrogen-bond donors (Lipinski definition) is 1. The van der Waals surface area contributed by atoms with Crippen molar-refractivity contribution in [3.8, 4) is 0 Å². The minimum absolute atomic E-state index is 0.0152. The number of nitrogens with zero attached hydrogens (tertiary/aromatic N) is 1. The molecule has 0 aromatic heterocycles. The van der Waals surface area contributed by atoms with E-state index < -0.39 is 6.16 Å². The first-order valence-corrected chi connectivity index (χ1v) is 6.88. The summed E-state index contributed by atoms with van der Waals surface area (Å²) in [6, 6.07) is 0. The molecule has 1 aliphatic heterocycles. The lowest BCUT2D eigenvalue weighted by molar-refractivity contribution is -0.131. The first-order chi connectivity index (χ1) is 9.19. The van der Waals surface area contributed by atoms with Gasteiger partial charge in [-0.3, -0.25) is 4.79 Å². The number of amides is 1. The van der Waals surface area contributed by atoms with E-state index in [1.54, 1.807) is 4.90 Å². The summed E-state index contributed by atoms with van der Waals surface area (Å²) in [5, 5.41) is 8.80. The Balaban J connectivity index is 2.13. The molecule has 0 bridgehead atoms. The number of aliphatic hydroxyl groups excluding tert-OH is 1. The van der Waals surface area contributed by atoms with E-state index in [1.807, 2.05) is 6.92 Å². The van der Waals surface area contributed by atoms with Crippen molar-refractivity contribution >= 4 is 12.1 Å². The van der Waals surface area contributed by atoms with E-state index in [0.717, 1.165) is 19.3 Å². The van der Waals surface area contributed by atoms with Crippen molar-refractivity contribution in [1.82, 2.24) is 4.90 Å². The fourth-order valence-electron chi connectivity index (χ4n) is 2.04. The maximum absolute atomic E-state index is 11.8. The molecule has 110 valence electrons. The molecule has 1 N–H and O–H groups in total. The van der Waals surface area contributed by atoms with Crippen molar-refractivity contribution in [3.63, 3.8) is 0 Å². The topological polar surface area (TPSA) is 76.1 Å². The van der Waals surface area contributed by atoms with Crippen LogP contribution in [0.1, 0.15) is 32.6 Å². The predicted octanol–water partition coefficient (Wildman–Crippen LogP) is 1.17. The third-order valence-corrected chi connectivity index (χ3v) is 3.18. The summed E-state index contributed by atoms with van der Waals surface area (Å²) in [4.78, 5) is 24.6. The molecule has 1 saturated heterocycles. The molecule has 1 atom stereocenters. The fraction of sp³-hybridized carbons (Fsp3) is 0.846. The van der Waals surface area contributed by atoms with Gasteiger partial charge in [-0.1, -0.05) is 13.3 Å². The number of carbonyl (C=O) groups excluding carboxylic acids is 2. The Morgan fingerprint density at radius 1 is 1.42 bits per heavy atom. The molecule has 6 nitrogen and oxygen atoms in total. The summed E-state index contributed by atoms with van der Waals surface area (Å²) in [5.41, 5.74) is 0. The van der Waals surface area contributed by atoms with Crippen molar-refractivity contribution < 1.29 is 24.2 Å². The second-order valence-electron chi connectivity index (χ2n) is 4.62. The Bertz CT molecular complexity index is 295. The van der Waals surface area contributed by atoms with Gasteiger partial charge in [0.1, 0.15) is 0 Å². The number of carbonyl (C=O) groups is 2. The van der Waals surface area contributed by atoms with Gasteiger partial charge in [0.05, 0.1) is 19.8 Å². The Morgan fingerprint density at radius 2 is 2.16 bits per heavy atom. The largest absolute Gasteiger partial charge is 0.508 e. The molecule has 19 heavy (non-hydrogen) atoms. The van der Waals surface area contributed by atoms with Crippen molar-refractivity contribution in [1.29, 1.82) is 0 Å². The van der Waals surface area contributed by atoms with Crippen LogP contribution < -0.4 is 0 Å². The minimum atomic E-state index is -0.661. The van der Waals surface area contributed by atoms with E-state index in [0.29, 0.717) is 26.1 Å². The molecule has 6 heteroatoms. The van der Waals surface area contributed by atoms with Crippen molar-refractivity contribution in [2.24, 2.45) is 5.92 Å². The number of likely N-dealkylation sites (tertiary alicyclic amines) is 1. The van der Waals surface area contributed by atoms with Crippen LogP contribution in [0.25, 0.3) is 0 Å². The molecular weight excluding hydrogens is 250 g/mol. The van der Waals surface area contributed by atoms with Crippen LogP contribution in [0.2, 0.25) is 0 Å². The Kier molecular flexibility index (Phi) is 7.25. The van der Waals surface area contributed by atoms with Gasteiger partial charge in [0.2, 0.25) is 5.91 Å². The summed E-state index contributed by atoms with van der Waals surface area (Å²) in [7, 11) is 0. The van der Waals surface area contributed by atoms with Gasteiger partial charge < -0.3 is 19.5 Å². The summed E-state index contributed by atoms with van der Waals surface area (Å²) >= 11 is 0. The Morgan fingerprint density at radius 3 is 2.84 bits per heavy atom. The van der Waals surface area contributed by atoms with Crippen LogP contribution in [0, 0.1) is 5.92 Å². The lowest BCUT2D eigenvalue weighted by Crippen LogP contribution is -2.30. The van der Waals surface area contributed by atoms with E-state index in [4.69, 9.17) is 14.6 Å². The van der Waals surface area contributed by atoms with Crippen LogP contribution in [-0.2, 0) is 14.3 Å². The molecule has 1 amide bonds. The Hall–Kier alpha value is -1.30. The smallest absolute Gasteiger partial charge is 0.434 e. The normalized spacial score (nSPS) is 18.7. The van der Waals surface area contributed by atoms with Crippen molar-refractivity contribution in [2.45, 2.75) is 32.6 Å². The summed E-state index contributed by atoms with van der Waals surface area (Å²) < 4.78 is 9.76. The molecule has 0 spiro atoms. The van der Waals surface area contributed by atoms with Gasteiger partial charge in [-0.05, 0) is 19.3 Å². The van der Waals surface area contributed by atoms with Crippen LogP contribution >= 0.6 is 0 Å². The molecule has 0 aromatic carbocycles. The van der Waals surface area contributed by atoms with Crippen LogP contribution in [0.4, 0.5) is 4.79 Å². The van der Waals surface area contributed by atoms with Gasteiger partial charge >= 0.3 is 6.16 Å². The molecule has 0 aromatic rings. The molecule has 1 fully saturated rings. The molecule has 0 radical (unpaired) electrons. The van der Waals surface area contributed by atoms with E-state index in [9.17, 15) is 9.59 Å². The lowest BCUT2D eigenvalue weighted by atomic mass is 10.1. The maximum Gasteiger partial charge on any atom is 0.508 e. The number of β-amino-alcohol motifs (C(OH)–C–C–N with tert-alkyl or cyclic N) is 1. The number of hydrogen-bond acceptors (Lipinski definition) is 5. The van der Waals surface area contributed by atoms with Gasteiger partial charge in [-0.25, -0.2) is 4.79 Å². The van der Waals surface area contributed by atoms with E-state index in [-0.39, 0.29) is 25.0 Å². The highest BCUT2D eigenvalue weighted by atomic mass is 16.7. The van der Waals surface area contributed by atoms with Crippen molar-refractivity contribution in [3.05, 3.63) is 0 Å². The molecule has 1 heterocycles. The predicted molar refractivity (Wildman–Crippen MR) is 68.6 cm³/mol. The Labute approximate surface area is 113 Å². The minimum Gasteiger partial charge on any atom is -0.434 e. The summed E-state index contributed by atoms with van der Waals surface area (Å²) in [6.45, 7) is 3.63. The highest BCUT2D eigenvalue weighted by Crippen LogP contribution is 2.20. The number of rotatable bonds is 8. The molecule has 1 rings (SSSR count). The highest BCUT2D eigenvalue weighted by Gasteiger charge is 2.30. The zero-order valence-corrected chi connectivity index (χ0v) is 11.5. The third-order valence-electron chi connectivity index (χ3n) is 3.18. The van der Waals surface area contributed by atoms with Crippen LogP contribution in [-0.4, -0.2) is 55.0 Å². The zero-order chi connectivity index (χ0) is 14.1. The average molecular weight is 273 g/mol. The summed E-state index contributed by atoms with van der Waals surface area (Å²) in [6.07, 6.45) is 2.40. The van der Waals surface area contributed by atoms with Gasteiger partial charge in [0.25, 0.3) is 0 Å². The maximum atomic E-state index is 11.8. The molecule has 1 aliphatic rings. The van der Waals surface area contributed by atoms with Gasteiger partial charge in [0, 0.05) is 19.0 Å². The second-order valence-corrected chi connectivity index (χ2v) is 4.62. The highest BCUT2D eigenvalue weighted by molar-refractivity contribution is 5.80. The fourth-order valence-corrected chi connectivity index (χ4v) is 2.04. The lowest BCUT2D eigenvalue weighted by Gasteiger charge is -2.14. The molecule has 1 unspecified atom stereocenters. The van der Waals surface area contributed by atoms with Crippen LogP contribution in [0.3, 0.4) is 0 Å². The van der Waals surface area contributed by atoms with Crippen LogP contribution in [0.15, 0.2) is 0 Å². The van der Waals surface area contributed by atoms with Gasteiger partial charge in [0.15, 0.2) is 0 Å². The van der Waals surface area contributed by atoms with E-state index in [1.165, 1.54) is 0 Å². The molecule has 0 aliphatic carbocycles. The first kappa shape index (κ1) is 15.8. The monoisotopic (exact) mass is 273 g/mol. The van der Waals surface area contributed by atoms with Crippen molar-refractivity contribution in [2.75, 3.05) is 32.9 Å². The SMILES string of the molecule is CCCCOC(=O)OCCC1CCN(CCO)C1=O. The molecular formula is C13H23NO5. The summed E-state index contributed by atoms with van der Waals surface area (Å²) in [5.74, 6) is -0.0630. The second kappa shape index (κ2) is 8.74. The third kappa shape index (κ3) is 5.46. The van der Waals surface area contributed by atoms with E-state index >= 15 is 0 Å². The zero-order valence-electron chi connectivity index (χ0n) is 11.5. The number of aliphatic hydroxyl groups is 1. The quantitative estimate of drug-likeness (QED) is 0.530. The van der Waals surface area contributed by atoms with E-state index in [2.05, 4.69) is 0 Å². The van der Waals surface area contributed by atoms with Gasteiger partial charge in [-0.2, -0.15) is 0 Å². The first-order valence-electron chi connectivity index (χ1n) is 6.88. The number of unbranched alkanes of at least 4 members (excludes halogenated alkanes) is 1. The number of ether oxygens (including phenoxy) is 2. The average Bonchev–Trinajstić information content (AvgIpc) is 2.72. The standard InChI is InChI=1S/C13H23NO5/c1-2-3-9-18-13(17)19-10-5-11-4-6-14(7-8-15)12(11)16/h11,15H,2-10H2,1H3.